The molecule has 0 bridgehead atoms. The molecule has 0 aromatic carbocycles. The Morgan fingerprint density at radius 1 is 1.00 bits per heavy atom. The van der Waals surface area contributed by atoms with E-state index in [1.54, 1.807) is 0 Å². The van der Waals surface area contributed by atoms with Crippen molar-refractivity contribution in [2.24, 2.45) is 22.4 Å². The maximum Gasteiger partial charge on any atom is 0.185 e. The van der Waals surface area contributed by atoms with Gasteiger partial charge in [0, 0.05) is 19.6 Å². The van der Waals surface area contributed by atoms with Gasteiger partial charge in [-0.1, -0.05) is 71.3 Å². The molecule has 0 spiro atoms. The molecule has 0 aromatic rings. The molecule has 2 rings (SSSR count). The van der Waals surface area contributed by atoms with Crippen LogP contribution >= 0.6 is 0 Å². The number of aliphatic hydroxyl groups is 1. The highest BCUT2D eigenvalue weighted by Gasteiger charge is 2.43. The van der Waals surface area contributed by atoms with E-state index in [1.165, 1.54) is 44.9 Å². The lowest BCUT2D eigenvalue weighted by molar-refractivity contribution is -0.122. The second-order valence-corrected chi connectivity index (χ2v) is 10.0. The summed E-state index contributed by atoms with van der Waals surface area (Å²) in [5.74, 6) is 1.02. The molecule has 31 heavy (non-hydrogen) atoms. The predicted octanol–water partition coefficient (Wildman–Crippen LogP) is 4.19. The molecule has 2 unspecified atom stereocenters. The molecule has 0 radical (unpaired) electrons. The van der Waals surface area contributed by atoms with Crippen molar-refractivity contribution in [1.82, 2.24) is 9.80 Å². The van der Waals surface area contributed by atoms with Gasteiger partial charge in [-0.05, 0) is 50.6 Å². The van der Waals surface area contributed by atoms with Crippen molar-refractivity contribution in [1.29, 1.82) is 0 Å². The third-order valence-electron chi connectivity index (χ3n) is 6.79. The lowest BCUT2D eigenvalue weighted by Crippen LogP contribution is -2.58. The van der Waals surface area contributed by atoms with Gasteiger partial charge in [0.2, 0.25) is 0 Å². The first kappa shape index (κ1) is 26.1. The van der Waals surface area contributed by atoms with Crippen molar-refractivity contribution in [2.75, 3.05) is 26.2 Å². The summed E-state index contributed by atoms with van der Waals surface area (Å²) in [7, 11) is 0. The van der Waals surface area contributed by atoms with Crippen LogP contribution in [0, 0.1) is 5.92 Å². The number of nitrogens with two attached hydrogens (primary N) is 2. The zero-order valence-corrected chi connectivity index (χ0v) is 20.3. The van der Waals surface area contributed by atoms with E-state index in [0.717, 1.165) is 70.6 Å². The zero-order valence-electron chi connectivity index (χ0n) is 20.3. The van der Waals surface area contributed by atoms with Gasteiger partial charge in [-0.25, -0.2) is 0 Å². The Balaban J connectivity index is 1.61. The minimum absolute atomic E-state index is 0.184. The summed E-state index contributed by atoms with van der Waals surface area (Å²) in [5.41, 5.74) is 10.0. The number of aliphatic imine (C=N–C) groups is 1. The summed E-state index contributed by atoms with van der Waals surface area (Å²) in [6.07, 6.45) is 20.3. The highest BCUT2D eigenvalue weighted by molar-refractivity contribution is 5.75. The monoisotopic (exact) mass is 435 g/mol. The summed E-state index contributed by atoms with van der Waals surface area (Å²) >= 11 is 0. The van der Waals surface area contributed by atoms with E-state index in [1.807, 2.05) is 0 Å². The molecule has 5 N–H and O–H groups in total. The first-order valence-corrected chi connectivity index (χ1v) is 12.9. The van der Waals surface area contributed by atoms with Crippen LogP contribution in [0.2, 0.25) is 0 Å². The highest BCUT2D eigenvalue weighted by Crippen LogP contribution is 2.34. The summed E-state index contributed by atoms with van der Waals surface area (Å²) in [5, 5.41) is 11.3. The quantitative estimate of drug-likeness (QED) is 0.146. The number of unbranched alkanes of at least 4 members (excludes halogenated alkanes) is 8. The lowest BCUT2D eigenvalue weighted by Gasteiger charge is -2.45. The van der Waals surface area contributed by atoms with Gasteiger partial charge in [-0.2, -0.15) is 0 Å². The third kappa shape index (κ3) is 9.50. The molecule has 0 amide bonds. The van der Waals surface area contributed by atoms with E-state index in [4.69, 9.17) is 11.5 Å². The Morgan fingerprint density at radius 2 is 1.68 bits per heavy atom. The summed E-state index contributed by atoms with van der Waals surface area (Å²) in [4.78, 5) is 8.90. The van der Waals surface area contributed by atoms with Gasteiger partial charge in [0.05, 0.1) is 6.17 Å². The van der Waals surface area contributed by atoms with E-state index in [0.29, 0.717) is 0 Å². The molecule has 0 aliphatic carbocycles. The highest BCUT2D eigenvalue weighted by atomic mass is 16.3. The Morgan fingerprint density at radius 3 is 2.39 bits per heavy atom. The van der Waals surface area contributed by atoms with Crippen LogP contribution in [0.15, 0.2) is 17.1 Å². The van der Waals surface area contributed by atoms with Crippen molar-refractivity contribution in [3.05, 3.63) is 12.2 Å². The van der Waals surface area contributed by atoms with Crippen molar-refractivity contribution >= 4 is 5.96 Å². The molecule has 6 nitrogen and oxygen atoms in total. The molecule has 2 atom stereocenters. The molecule has 2 aliphatic heterocycles. The van der Waals surface area contributed by atoms with Crippen molar-refractivity contribution in [3.8, 4) is 0 Å². The molecule has 6 heteroatoms. The minimum Gasteiger partial charge on any atom is -0.372 e. The van der Waals surface area contributed by atoms with E-state index in [-0.39, 0.29) is 12.1 Å². The van der Waals surface area contributed by atoms with Gasteiger partial charge in [0.25, 0.3) is 0 Å². The average molecular weight is 436 g/mol. The zero-order chi connectivity index (χ0) is 22.5. The Hall–Kier alpha value is -1.11. The van der Waals surface area contributed by atoms with Crippen molar-refractivity contribution in [2.45, 2.75) is 109 Å². The third-order valence-corrected chi connectivity index (χ3v) is 6.79. The smallest absolute Gasteiger partial charge is 0.185 e. The van der Waals surface area contributed by atoms with E-state index in [9.17, 15) is 5.11 Å². The van der Waals surface area contributed by atoms with Crippen LogP contribution in [-0.4, -0.2) is 58.9 Å². The topological polar surface area (TPSA) is 91.1 Å². The molecule has 0 aromatic heterocycles. The second-order valence-electron chi connectivity index (χ2n) is 10.0. The first-order chi connectivity index (χ1) is 14.9. The minimum atomic E-state index is -0.742. The molecule has 2 heterocycles. The summed E-state index contributed by atoms with van der Waals surface area (Å²) in [6, 6.07) is 0. The average Bonchev–Trinajstić information content (AvgIpc) is 3.06. The summed E-state index contributed by atoms with van der Waals surface area (Å²) < 4.78 is 0. The number of hydrogen-bond donors (Lipinski definition) is 3. The number of guanidine groups is 1. The lowest BCUT2D eigenvalue weighted by atomic mass is 10.0. The fraction of sp³-hybridized carbons (Fsp3) is 0.880. The molecule has 1 saturated heterocycles. The van der Waals surface area contributed by atoms with E-state index >= 15 is 0 Å². The fourth-order valence-corrected chi connectivity index (χ4v) is 4.99. The van der Waals surface area contributed by atoms with Crippen LogP contribution < -0.4 is 11.5 Å². The number of nitrogens with zero attached hydrogens (tertiary/aromatic N) is 3. The molecule has 2 aliphatic rings. The van der Waals surface area contributed by atoms with Gasteiger partial charge in [0.1, 0.15) is 5.72 Å². The van der Waals surface area contributed by atoms with Crippen LogP contribution in [0.3, 0.4) is 0 Å². The maximum atomic E-state index is 11.3. The van der Waals surface area contributed by atoms with Crippen LogP contribution in [0.1, 0.15) is 97.3 Å². The maximum absolute atomic E-state index is 11.3. The first-order valence-electron chi connectivity index (χ1n) is 12.9. The largest absolute Gasteiger partial charge is 0.372 e. The Bertz CT molecular complexity index is 546. The Kier molecular flexibility index (Phi) is 11.9. The van der Waals surface area contributed by atoms with Crippen LogP contribution in [0.25, 0.3) is 0 Å². The van der Waals surface area contributed by atoms with E-state index in [2.05, 4.69) is 40.8 Å². The fourth-order valence-electron chi connectivity index (χ4n) is 4.99. The molecule has 1 fully saturated rings. The van der Waals surface area contributed by atoms with Gasteiger partial charge >= 0.3 is 0 Å². The Labute approximate surface area is 191 Å². The van der Waals surface area contributed by atoms with Gasteiger partial charge < -0.3 is 16.6 Å². The number of fused-ring (bicyclic) bond motifs is 1. The summed E-state index contributed by atoms with van der Waals surface area (Å²) in [6.45, 7) is 8.52. The predicted molar refractivity (Wildman–Crippen MR) is 132 cm³/mol. The number of hydrogen-bond acceptors (Lipinski definition) is 4. The van der Waals surface area contributed by atoms with Crippen molar-refractivity contribution < 1.29 is 5.11 Å². The molecular formula is C25H49N5O. The van der Waals surface area contributed by atoms with Gasteiger partial charge in [-0.15, -0.1) is 0 Å². The molecule has 0 saturated carbocycles. The van der Waals surface area contributed by atoms with Crippen molar-refractivity contribution in [3.63, 3.8) is 0 Å². The normalized spacial score (nSPS) is 24.1. The molecule has 180 valence electrons. The number of rotatable bonds is 16. The van der Waals surface area contributed by atoms with Gasteiger partial charge in [-0.3, -0.25) is 14.8 Å². The van der Waals surface area contributed by atoms with E-state index < -0.39 is 5.72 Å². The molecular weight excluding hydrogens is 386 g/mol. The SMILES string of the molecule is CC(C)CCCCCCCCCC1(O)C=CC2N(CCCCCN=C(N)N)CCCN21. The van der Waals surface area contributed by atoms with Gasteiger partial charge in [0.15, 0.2) is 5.96 Å². The second kappa shape index (κ2) is 14.1. The van der Waals surface area contributed by atoms with Crippen LogP contribution in [0.4, 0.5) is 0 Å². The standard InChI is InChI=1S/C25H49N5O/c1-22(2)14-9-6-4-3-5-7-10-16-25(31)17-15-23-29(20-13-21-30(23)25)19-12-8-11-18-28-24(26)27/h15,17,22-23,31H,3-14,16,18-21H2,1-2H3,(H4,26,27,28). The van der Waals surface area contributed by atoms with Crippen LogP contribution in [0.5, 0.6) is 0 Å². The van der Waals surface area contributed by atoms with Crippen LogP contribution in [-0.2, 0) is 0 Å².